The van der Waals surface area contributed by atoms with Gasteiger partial charge in [0.1, 0.15) is 0 Å². The average Bonchev–Trinajstić information content (AvgIpc) is 1.69. The summed E-state index contributed by atoms with van der Waals surface area (Å²) in [5.41, 5.74) is 0. The van der Waals surface area contributed by atoms with Crippen molar-refractivity contribution in [2.24, 2.45) is 0 Å². The summed E-state index contributed by atoms with van der Waals surface area (Å²) in [7, 11) is 0. The van der Waals surface area contributed by atoms with Gasteiger partial charge >= 0.3 is 52.3 Å². The number of rotatable bonds is 0. The van der Waals surface area contributed by atoms with Crippen LogP contribution >= 0.6 is 0 Å². The van der Waals surface area contributed by atoms with Gasteiger partial charge in [-0.25, -0.2) is 0 Å². The van der Waals surface area contributed by atoms with Crippen molar-refractivity contribution in [2.75, 3.05) is 0 Å². The molecule has 1 aromatic carbocycles. The zero-order valence-electron chi connectivity index (χ0n) is 4.31. The molecule has 0 atom stereocenters. The Bertz CT molecular complexity index is 134. The van der Waals surface area contributed by atoms with Crippen molar-refractivity contribution in [1.29, 1.82) is 0 Å². The van der Waals surface area contributed by atoms with Gasteiger partial charge in [0.05, 0.1) is 0 Å². The first-order chi connectivity index (χ1) is 3.39. The van der Waals surface area contributed by atoms with Crippen LogP contribution in [0.4, 0.5) is 0 Å². The molecule has 0 saturated heterocycles. The fourth-order valence-corrected chi connectivity index (χ4v) is 0.470. The number of hydrogen-bond donors (Lipinski definition) is 0. The maximum absolute atomic E-state index is 2.93. The molecular weight excluding hydrogens is 79.0 g/mol. The number of benzene rings is 1. The molecule has 0 aliphatic heterocycles. The van der Waals surface area contributed by atoms with Crippen LogP contribution in [0.25, 0.3) is 0 Å². The van der Waals surface area contributed by atoms with Crippen molar-refractivity contribution in [3.63, 3.8) is 0 Å². The van der Waals surface area contributed by atoms with Crippen molar-refractivity contribution >= 4 is 22.0 Å². The van der Waals surface area contributed by atoms with Crippen LogP contribution in [0.15, 0.2) is 24.3 Å². The molecule has 7 heavy (non-hydrogen) atoms. The summed E-state index contributed by atoms with van der Waals surface area (Å²) in [5.74, 6) is 0. The summed E-state index contributed by atoms with van der Waals surface area (Å²) in [5, 5.41) is 0. The van der Waals surface area contributed by atoms with Crippen molar-refractivity contribution in [1.82, 2.24) is 0 Å². The Morgan fingerprint density at radius 2 is 1.86 bits per heavy atom. The maximum atomic E-state index is 2.93. The summed E-state index contributed by atoms with van der Waals surface area (Å²) >= 11 is 2.06. The SMILES string of the molecule is [Li][c]1cc[c]cc1. The molecule has 0 bridgehead atoms. The van der Waals surface area contributed by atoms with E-state index in [4.69, 9.17) is 0 Å². The van der Waals surface area contributed by atoms with E-state index in [2.05, 4.69) is 23.8 Å². The van der Waals surface area contributed by atoms with Gasteiger partial charge in [-0.2, -0.15) is 0 Å². The molecule has 0 amide bonds. The Balaban J connectivity index is 3.02. The third-order valence-electron chi connectivity index (χ3n) is 0.885. The standard InChI is InChI=1S/C6H4.Li/c1-2-4-6-5-3-1;/h1-2,5-6H;. The fourth-order valence-electron chi connectivity index (χ4n) is 0.470. The minimum atomic E-state index is 1.29. The third-order valence-corrected chi connectivity index (χ3v) is 0.885. The molecule has 0 spiro atoms. The summed E-state index contributed by atoms with van der Waals surface area (Å²) in [4.78, 5) is 0. The monoisotopic (exact) mass is 83.0 g/mol. The van der Waals surface area contributed by atoms with Crippen LogP contribution in [0.1, 0.15) is 0 Å². The van der Waals surface area contributed by atoms with Crippen molar-refractivity contribution in [3.8, 4) is 0 Å². The van der Waals surface area contributed by atoms with Gasteiger partial charge in [0.15, 0.2) is 0 Å². The van der Waals surface area contributed by atoms with E-state index in [9.17, 15) is 0 Å². The summed E-state index contributed by atoms with van der Waals surface area (Å²) in [6.07, 6.45) is 0. The predicted molar refractivity (Wildman–Crippen MR) is 30.7 cm³/mol. The normalized spacial score (nSPS) is 8.86. The molecule has 0 aliphatic carbocycles. The second kappa shape index (κ2) is 2.21. The zero-order valence-corrected chi connectivity index (χ0v) is 4.31. The van der Waals surface area contributed by atoms with Gasteiger partial charge in [0.25, 0.3) is 0 Å². The third kappa shape index (κ3) is 1.39. The summed E-state index contributed by atoms with van der Waals surface area (Å²) in [6.45, 7) is 0. The zero-order chi connectivity index (χ0) is 5.11. The first kappa shape index (κ1) is 4.96. The van der Waals surface area contributed by atoms with Gasteiger partial charge < -0.3 is 0 Å². The molecule has 0 aliphatic rings. The fraction of sp³-hybridized carbons (Fsp3) is 0. The van der Waals surface area contributed by atoms with Gasteiger partial charge in [-0.1, -0.05) is 0 Å². The molecule has 29 valence electrons. The van der Waals surface area contributed by atoms with E-state index < -0.39 is 0 Å². The van der Waals surface area contributed by atoms with Crippen LogP contribution in [0, 0.1) is 6.07 Å². The van der Waals surface area contributed by atoms with E-state index in [0.717, 1.165) is 0 Å². The quantitative estimate of drug-likeness (QED) is 0.395. The van der Waals surface area contributed by atoms with Gasteiger partial charge in [0.2, 0.25) is 0 Å². The van der Waals surface area contributed by atoms with E-state index >= 15 is 0 Å². The average molecular weight is 83.0 g/mol. The molecule has 0 aromatic heterocycles. The molecule has 1 aromatic rings. The van der Waals surface area contributed by atoms with Gasteiger partial charge in [-0.3, -0.25) is 0 Å². The van der Waals surface area contributed by atoms with Crippen molar-refractivity contribution in [2.45, 2.75) is 0 Å². The van der Waals surface area contributed by atoms with Crippen LogP contribution in [-0.2, 0) is 0 Å². The Hall–Kier alpha value is -0.183. The first-order valence-corrected chi connectivity index (χ1v) is 2.32. The molecule has 0 saturated carbocycles. The van der Waals surface area contributed by atoms with E-state index in [-0.39, 0.29) is 0 Å². The Kier molecular flexibility index (Phi) is 1.57. The van der Waals surface area contributed by atoms with E-state index in [1.807, 2.05) is 24.3 Å². The second-order valence-corrected chi connectivity index (χ2v) is 1.58. The molecular formula is C6H4Li. The van der Waals surface area contributed by atoms with Crippen LogP contribution in [0.2, 0.25) is 0 Å². The predicted octanol–water partition coefficient (Wildman–Crippen LogP) is 0.281. The van der Waals surface area contributed by atoms with E-state index in [0.29, 0.717) is 0 Å². The molecule has 0 unspecified atom stereocenters. The second-order valence-electron chi connectivity index (χ2n) is 1.58. The van der Waals surface area contributed by atoms with Gasteiger partial charge in [-0.05, 0) is 0 Å². The minimum absolute atomic E-state index is 1.29. The van der Waals surface area contributed by atoms with Crippen LogP contribution in [0.5, 0.6) is 0 Å². The van der Waals surface area contributed by atoms with Gasteiger partial charge in [0, 0.05) is 0 Å². The summed E-state index contributed by atoms with van der Waals surface area (Å²) < 4.78 is 1.29. The topological polar surface area (TPSA) is 0 Å². The van der Waals surface area contributed by atoms with Crippen LogP contribution in [0.3, 0.4) is 0 Å². The summed E-state index contributed by atoms with van der Waals surface area (Å²) in [6, 6.07) is 10.8. The van der Waals surface area contributed by atoms with E-state index in [1.165, 1.54) is 4.24 Å². The van der Waals surface area contributed by atoms with Crippen LogP contribution in [-0.4, -0.2) is 17.7 Å². The van der Waals surface area contributed by atoms with E-state index in [1.54, 1.807) is 0 Å². The molecule has 0 fully saturated rings. The number of hydrogen-bond acceptors (Lipinski definition) is 0. The first-order valence-electron chi connectivity index (χ1n) is 2.32. The Morgan fingerprint density at radius 3 is 2.14 bits per heavy atom. The van der Waals surface area contributed by atoms with Crippen molar-refractivity contribution in [3.05, 3.63) is 30.3 Å². The van der Waals surface area contributed by atoms with Crippen LogP contribution < -0.4 is 4.24 Å². The molecule has 1 heteroatoms. The molecule has 1 radical (unpaired) electrons. The van der Waals surface area contributed by atoms with Gasteiger partial charge in [-0.15, -0.1) is 0 Å². The Labute approximate surface area is 52.8 Å². The van der Waals surface area contributed by atoms with Crippen molar-refractivity contribution < 1.29 is 0 Å². The molecule has 1 rings (SSSR count). The Morgan fingerprint density at radius 1 is 1.29 bits per heavy atom. The molecule has 0 nitrogen and oxygen atoms in total. The molecule has 0 N–H and O–H groups in total. The molecule has 0 heterocycles.